The van der Waals surface area contributed by atoms with E-state index in [4.69, 9.17) is 5.84 Å². The minimum Gasteiger partial charge on any atom is -0.308 e. The second-order valence-electron chi connectivity index (χ2n) is 5.06. The van der Waals surface area contributed by atoms with Crippen LogP contribution >= 0.6 is 0 Å². The fraction of sp³-hybridized carbons (Fsp3) is 0.636. The third-order valence-corrected chi connectivity index (χ3v) is 5.17. The van der Waals surface area contributed by atoms with Gasteiger partial charge in [0.2, 0.25) is 16.0 Å². The van der Waals surface area contributed by atoms with Crippen LogP contribution in [0.15, 0.2) is 17.3 Å². The van der Waals surface area contributed by atoms with Crippen molar-refractivity contribution in [3.8, 4) is 0 Å². The summed E-state index contributed by atoms with van der Waals surface area (Å²) in [6.07, 6.45) is 4.31. The van der Waals surface area contributed by atoms with Gasteiger partial charge in [-0.25, -0.2) is 24.2 Å². The smallest absolute Gasteiger partial charge is 0.246 e. The molecule has 0 radical (unpaired) electrons. The Labute approximate surface area is 119 Å². The lowest BCUT2D eigenvalue weighted by molar-refractivity contribution is 0.291. The second-order valence-corrected chi connectivity index (χ2v) is 6.95. The summed E-state index contributed by atoms with van der Waals surface area (Å²) in [5, 5.41) is 0. The quantitative estimate of drug-likeness (QED) is 0.556. The van der Waals surface area contributed by atoms with Crippen LogP contribution in [-0.2, 0) is 10.0 Å². The van der Waals surface area contributed by atoms with Gasteiger partial charge in [-0.05, 0) is 26.9 Å². The number of nitrogen functional groups attached to an aromatic ring is 1. The van der Waals surface area contributed by atoms with Crippen molar-refractivity contribution in [3.05, 3.63) is 12.4 Å². The van der Waals surface area contributed by atoms with E-state index in [2.05, 4.69) is 15.4 Å². The number of hydrazine groups is 1. The molecule has 0 spiro atoms. The van der Waals surface area contributed by atoms with E-state index in [0.29, 0.717) is 13.1 Å². The van der Waals surface area contributed by atoms with Crippen LogP contribution in [0.1, 0.15) is 12.8 Å². The fourth-order valence-corrected chi connectivity index (χ4v) is 3.97. The van der Waals surface area contributed by atoms with Gasteiger partial charge in [0.25, 0.3) is 0 Å². The van der Waals surface area contributed by atoms with Crippen molar-refractivity contribution in [1.82, 2.24) is 19.2 Å². The number of nitrogens with zero attached hydrogens (tertiary/aromatic N) is 4. The highest BCUT2D eigenvalue weighted by molar-refractivity contribution is 7.89. The SMILES string of the molecule is CN(C)CC1CCCN1S(=O)(=O)c1cnc(NN)nc1. The van der Waals surface area contributed by atoms with Gasteiger partial charge < -0.3 is 4.90 Å². The molecule has 0 bridgehead atoms. The van der Waals surface area contributed by atoms with Crippen molar-refractivity contribution in [2.45, 2.75) is 23.8 Å². The molecular weight excluding hydrogens is 280 g/mol. The molecule has 1 aliphatic rings. The van der Waals surface area contributed by atoms with Crippen molar-refractivity contribution in [1.29, 1.82) is 0 Å². The summed E-state index contributed by atoms with van der Waals surface area (Å²) >= 11 is 0. The van der Waals surface area contributed by atoms with Crippen molar-refractivity contribution in [2.24, 2.45) is 5.84 Å². The lowest BCUT2D eigenvalue weighted by Gasteiger charge is -2.26. The number of hydrogen-bond donors (Lipinski definition) is 2. The Kier molecular flexibility index (Phi) is 4.53. The molecule has 112 valence electrons. The molecule has 1 saturated heterocycles. The molecular formula is C11H20N6O2S. The first-order valence-electron chi connectivity index (χ1n) is 6.40. The number of sulfonamides is 1. The second kappa shape index (κ2) is 6.00. The normalized spacial score (nSPS) is 20.5. The molecule has 1 fully saturated rings. The highest BCUT2D eigenvalue weighted by Crippen LogP contribution is 2.25. The zero-order chi connectivity index (χ0) is 14.8. The monoisotopic (exact) mass is 300 g/mol. The molecule has 0 amide bonds. The number of likely N-dealkylation sites (N-methyl/N-ethyl adjacent to an activating group) is 1. The molecule has 1 aromatic heterocycles. The predicted octanol–water partition coefficient (Wildman–Crippen LogP) is -0.523. The minimum absolute atomic E-state index is 0.00214. The van der Waals surface area contributed by atoms with E-state index in [0.717, 1.165) is 12.8 Å². The molecule has 0 aromatic carbocycles. The Hall–Kier alpha value is -1.29. The summed E-state index contributed by atoms with van der Waals surface area (Å²) in [6, 6.07) is 0.00214. The van der Waals surface area contributed by atoms with Gasteiger partial charge in [0, 0.05) is 19.1 Å². The van der Waals surface area contributed by atoms with E-state index < -0.39 is 10.0 Å². The zero-order valence-corrected chi connectivity index (χ0v) is 12.5. The van der Waals surface area contributed by atoms with Crippen LogP contribution in [-0.4, -0.2) is 60.8 Å². The van der Waals surface area contributed by atoms with Crippen molar-refractivity contribution in [2.75, 3.05) is 32.6 Å². The Morgan fingerprint density at radius 3 is 2.65 bits per heavy atom. The zero-order valence-electron chi connectivity index (χ0n) is 11.7. The average Bonchev–Trinajstić information content (AvgIpc) is 2.87. The van der Waals surface area contributed by atoms with Crippen LogP contribution < -0.4 is 11.3 Å². The number of rotatable bonds is 5. The molecule has 0 saturated carbocycles. The summed E-state index contributed by atoms with van der Waals surface area (Å²) < 4.78 is 26.7. The van der Waals surface area contributed by atoms with Gasteiger partial charge in [0.1, 0.15) is 4.90 Å². The average molecular weight is 300 g/mol. The van der Waals surface area contributed by atoms with E-state index in [1.54, 1.807) is 4.31 Å². The van der Waals surface area contributed by atoms with E-state index in [-0.39, 0.29) is 16.9 Å². The topological polar surface area (TPSA) is 104 Å². The van der Waals surface area contributed by atoms with Gasteiger partial charge in [-0.2, -0.15) is 4.31 Å². The van der Waals surface area contributed by atoms with Crippen molar-refractivity contribution >= 4 is 16.0 Å². The third-order valence-electron chi connectivity index (χ3n) is 3.26. The van der Waals surface area contributed by atoms with Crippen molar-refractivity contribution < 1.29 is 8.42 Å². The molecule has 2 rings (SSSR count). The maximum atomic E-state index is 12.6. The first-order valence-corrected chi connectivity index (χ1v) is 7.84. The number of nitrogens with two attached hydrogens (primary N) is 1. The largest absolute Gasteiger partial charge is 0.308 e. The lowest BCUT2D eigenvalue weighted by Crippen LogP contribution is -2.41. The highest BCUT2D eigenvalue weighted by Gasteiger charge is 2.35. The van der Waals surface area contributed by atoms with Crippen LogP contribution in [0.2, 0.25) is 0 Å². The summed E-state index contributed by atoms with van der Waals surface area (Å²) in [6.45, 7) is 1.25. The molecule has 2 heterocycles. The Morgan fingerprint density at radius 1 is 1.45 bits per heavy atom. The molecule has 1 unspecified atom stereocenters. The summed E-state index contributed by atoms with van der Waals surface area (Å²) in [5.41, 5.74) is 2.27. The van der Waals surface area contributed by atoms with Gasteiger partial charge in [0.05, 0.1) is 12.4 Å². The maximum absolute atomic E-state index is 12.6. The van der Waals surface area contributed by atoms with E-state index in [1.807, 2.05) is 19.0 Å². The van der Waals surface area contributed by atoms with Gasteiger partial charge in [0.15, 0.2) is 0 Å². The molecule has 9 heteroatoms. The van der Waals surface area contributed by atoms with Gasteiger partial charge >= 0.3 is 0 Å². The lowest BCUT2D eigenvalue weighted by atomic mass is 10.2. The third kappa shape index (κ3) is 3.06. The van der Waals surface area contributed by atoms with Crippen LogP contribution in [0.4, 0.5) is 5.95 Å². The maximum Gasteiger partial charge on any atom is 0.246 e. The summed E-state index contributed by atoms with van der Waals surface area (Å²) in [4.78, 5) is 9.81. The van der Waals surface area contributed by atoms with Crippen LogP contribution in [0, 0.1) is 0 Å². The van der Waals surface area contributed by atoms with Crippen LogP contribution in [0.3, 0.4) is 0 Å². The number of anilines is 1. The van der Waals surface area contributed by atoms with Gasteiger partial charge in [-0.3, -0.25) is 5.43 Å². The molecule has 1 atom stereocenters. The molecule has 1 aliphatic heterocycles. The van der Waals surface area contributed by atoms with Crippen LogP contribution in [0.5, 0.6) is 0 Å². The molecule has 0 aliphatic carbocycles. The molecule has 20 heavy (non-hydrogen) atoms. The number of hydrogen-bond acceptors (Lipinski definition) is 7. The summed E-state index contributed by atoms with van der Waals surface area (Å²) in [7, 11) is 0.331. The fourth-order valence-electron chi connectivity index (χ4n) is 2.39. The number of nitrogens with one attached hydrogen (secondary N) is 1. The Morgan fingerprint density at radius 2 is 2.10 bits per heavy atom. The van der Waals surface area contributed by atoms with Gasteiger partial charge in [-0.15, -0.1) is 0 Å². The molecule has 3 N–H and O–H groups in total. The van der Waals surface area contributed by atoms with E-state index >= 15 is 0 Å². The first kappa shape index (κ1) is 15.1. The Balaban J connectivity index is 2.24. The highest BCUT2D eigenvalue weighted by atomic mass is 32.2. The predicted molar refractivity (Wildman–Crippen MR) is 75.3 cm³/mol. The minimum atomic E-state index is -3.55. The molecule has 1 aromatic rings. The summed E-state index contributed by atoms with van der Waals surface area (Å²) in [5.74, 6) is 5.36. The van der Waals surface area contributed by atoms with Crippen LogP contribution in [0.25, 0.3) is 0 Å². The molecule has 8 nitrogen and oxygen atoms in total. The van der Waals surface area contributed by atoms with E-state index in [1.165, 1.54) is 12.4 Å². The standard InChI is InChI=1S/C11H20N6O2S/c1-16(2)8-9-4-3-5-17(9)20(18,19)10-6-13-11(15-12)14-7-10/h6-7,9H,3-5,8,12H2,1-2H3,(H,13,14,15). The van der Waals surface area contributed by atoms with E-state index in [9.17, 15) is 8.42 Å². The van der Waals surface area contributed by atoms with Crippen molar-refractivity contribution in [3.63, 3.8) is 0 Å². The number of aromatic nitrogens is 2. The first-order chi connectivity index (χ1) is 9.45. The Bertz CT molecular complexity index is 545. The van der Waals surface area contributed by atoms with Gasteiger partial charge in [-0.1, -0.05) is 0 Å².